The van der Waals surface area contributed by atoms with Crippen LogP contribution in [0.3, 0.4) is 0 Å². The number of carboxylic acids is 2. The third kappa shape index (κ3) is 7.18. The van der Waals surface area contributed by atoms with E-state index in [2.05, 4.69) is 27.7 Å². The molecule has 1 aliphatic heterocycles. The van der Waals surface area contributed by atoms with Crippen LogP contribution in [0.1, 0.15) is 43.8 Å². The Labute approximate surface area is 158 Å². The highest BCUT2D eigenvalue weighted by Gasteiger charge is 2.19. The molecule has 9 heteroatoms. The largest absolute Gasteiger partial charge is 0.475 e. The van der Waals surface area contributed by atoms with Crippen LogP contribution in [-0.4, -0.2) is 76.3 Å². The Kier molecular flexibility index (Phi) is 8.53. The Balaban J connectivity index is 0.000000380. The Hall–Kier alpha value is -2.13. The number of aryl methyl sites for hydroxylation is 1. The highest BCUT2D eigenvalue weighted by molar-refractivity contribution is 6.27. The second kappa shape index (κ2) is 10.9. The lowest BCUT2D eigenvalue weighted by Gasteiger charge is -2.26. The Bertz CT molecular complexity index is 594. The molecule has 2 heterocycles. The third-order valence-corrected chi connectivity index (χ3v) is 4.76. The van der Waals surface area contributed by atoms with Crippen molar-refractivity contribution in [2.75, 3.05) is 39.5 Å². The Morgan fingerprint density at radius 2 is 1.81 bits per heavy atom. The number of carboxylic acid groups (broad SMARTS) is 2. The summed E-state index contributed by atoms with van der Waals surface area (Å²) in [5.41, 5.74) is 1.23. The first kappa shape index (κ1) is 21.2. The van der Waals surface area contributed by atoms with Gasteiger partial charge in [0.25, 0.3) is 0 Å². The first-order chi connectivity index (χ1) is 13.0. The molecule has 0 aromatic carbocycles. The fourth-order valence-electron chi connectivity index (χ4n) is 3.33. The van der Waals surface area contributed by atoms with Crippen molar-refractivity contribution in [3.05, 3.63) is 11.8 Å². The first-order valence-electron chi connectivity index (χ1n) is 9.42. The van der Waals surface area contributed by atoms with Gasteiger partial charge < -0.3 is 19.7 Å². The van der Waals surface area contributed by atoms with Crippen LogP contribution in [0.15, 0.2) is 6.07 Å². The summed E-state index contributed by atoms with van der Waals surface area (Å²) < 4.78 is 13.4. The quantitative estimate of drug-likeness (QED) is 0.737. The van der Waals surface area contributed by atoms with E-state index in [1.807, 2.05) is 0 Å². The van der Waals surface area contributed by atoms with Gasteiger partial charge in [-0.2, -0.15) is 0 Å². The number of morpholine rings is 1. The molecule has 1 saturated carbocycles. The van der Waals surface area contributed by atoms with E-state index < -0.39 is 11.9 Å². The molecular formula is C18H29N3O6. The molecule has 3 rings (SSSR count). The van der Waals surface area contributed by atoms with Crippen LogP contribution in [0.2, 0.25) is 0 Å². The van der Waals surface area contributed by atoms with Crippen LogP contribution in [-0.2, 0) is 14.3 Å². The van der Waals surface area contributed by atoms with Gasteiger partial charge in [0, 0.05) is 31.4 Å². The van der Waals surface area contributed by atoms with Crippen molar-refractivity contribution in [1.82, 2.24) is 14.7 Å². The van der Waals surface area contributed by atoms with Gasteiger partial charge in [-0.3, -0.25) is 9.58 Å². The number of hydrogen-bond donors (Lipinski definition) is 2. The molecule has 9 nitrogen and oxygen atoms in total. The van der Waals surface area contributed by atoms with E-state index >= 15 is 0 Å². The topological polar surface area (TPSA) is 114 Å². The van der Waals surface area contributed by atoms with Crippen molar-refractivity contribution in [2.24, 2.45) is 0 Å². The summed E-state index contributed by atoms with van der Waals surface area (Å²) in [5.74, 6) is -2.86. The van der Waals surface area contributed by atoms with Gasteiger partial charge in [-0.15, -0.1) is 5.10 Å². The molecular weight excluding hydrogens is 354 g/mol. The Morgan fingerprint density at radius 1 is 1.19 bits per heavy atom. The first-order valence-corrected chi connectivity index (χ1v) is 9.42. The highest BCUT2D eigenvalue weighted by atomic mass is 16.5. The molecule has 0 atom stereocenters. The number of aliphatic carboxylic acids is 2. The number of carbonyl (C=O) groups is 2. The molecule has 2 N–H and O–H groups in total. The summed E-state index contributed by atoms with van der Waals surface area (Å²) in [7, 11) is 0. The molecule has 1 saturated heterocycles. The molecule has 0 bridgehead atoms. The smallest absolute Gasteiger partial charge is 0.414 e. The average Bonchev–Trinajstić information content (AvgIpc) is 3.04. The molecule has 2 aliphatic rings. The van der Waals surface area contributed by atoms with Crippen LogP contribution in [0.4, 0.5) is 0 Å². The van der Waals surface area contributed by atoms with Crippen molar-refractivity contribution in [2.45, 2.75) is 45.1 Å². The van der Waals surface area contributed by atoms with Gasteiger partial charge in [0.05, 0.1) is 19.3 Å². The Morgan fingerprint density at radius 3 is 2.41 bits per heavy atom. The number of nitrogens with zero attached hydrogens (tertiary/aromatic N) is 3. The van der Waals surface area contributed by atoms with Crippen LogP contribution < -0.4 is 4.74 Å². The summed E-state index contributed by atoms with van der Waals surface area (Å²) in [5, 5.41) is 19.4. The van der Waals surface area contributed by atoms with Crippen LogP contribution in [0, 0.1) is 6.92 Å². The number of ether oxygens (including phenoxy) is 2. The summed E-state index contributed by atoms with van der Waals surface area (Å²) in [6.07, 6.45) is 6.56. The minimum absolute atomic E-state index is 0.579. The van der Waals surface area contributed by atoms with Crippen LogP contribution in [0.5, 0.6) is 5.88 Å². The zero-order chi connectivity index (χ0) is 19.6. The predicted octanol–water partition coefficient (Wildman–Crippen LogP) is 1.56. The average molecular weight is 383 g/mol. The fraction of sp³-hybridized carbons (Fsp3) is 0.722. The predicted molar refractivity (Wildman–Crippen MR) is 97.1 cm³/mol. The molecule has 2 fully saturated rings. The molecule has 0 spiro atoms. The highest BCUT2D eigenvalue weighted by Crippen LogP contribution is 2.29. The maximum atomic E-state index is 9.10. The van der Waals surface area contributed by atoms with Gasteiger partial charge in [-0.1, -0.05) is 19.3 Å². The second-order valence-electron chi connectivity index (χ2n) is 6.77. The van der Waals surface area contributed by atoms with Gasteiger partial charge in [-0.25, -0.2) is 9.59 Å². The van der Waals surface area contributed by atoms with Gasteiger partial charge in [0.1, 0.15) is 6.61 Å². The van der Waals surface area contributed by atoms with Crippen molar-refractivity contribution in [3.63, 3.8) is 0 Å². The van der Waals surface area contributed by atoms with E-state index in [4.69, 9.17) is 29.3 Å². The normalized spacial score (nSPS) is 18.4. The van der Waals surface area contributed by atoms with Crippen molar-refractivity contribution < 1.29 is 29.3 Å². The maximum Gasteiger partial charge on any atom is 0.414 e. The summed E-state index contributed by atoms with van der Waals surface area (Å²) in [6.45, 7) is 7.51. The molecule has 0 unspecified atom stereocenters. The summed E-state index contributed by atoms with van der Waals surface area (Å²) >= 11 is 0. The van der Waals surface area contributed by atoms with Gasteiger partial charge in [-0.05, 0) is 19.8 Å². The van der Waals surface area contributed by atoms with Gasteiger partial charge >= 0.3 is 11.9 Å². The molecule has 1 aromatic heterocycles. The molecule has 27 heavy (non-hydrogen) atoms. The number of aromatic nitrogens is 2. The zero-order valence-electron chi connectivity index (χ0n) is 15.8. The van der Waals surface area contributed by atoms with Crippen LogP contribution >= 0.6 is 0 Å². The van der Waals surface area contributed by atoms with Crippen LogP contribution in [0.25, 0.3) is 0 Å². The lowest BCUT2D eigenvalue weighted by Crippen LogP contribution is -2.38. The van der Waals surface area contributed by atoms with E-state index in [0.29, 0.717) is 12.6 Å². The van der Waals surface area contributed by atoms with E-state index in [-0.39, 0.29) is 0 Å². The lowest BCUT2D eigenvalue weighted by molar-refractivity contribution is -0.159. The minimum atomic E-state index is -1.82. The van der Waals surface area contributed by atoms with E-state index in [1.54, 1.807) is 0 Å². The van der Waals surface area contributed by atoms with Gasteiger partial charge in [0.2, 0.25) is 5.88 Å². The standard InChI is InChI=1S/C16H27N3O2.C2H2O4/c1-14-13-16(17-19(14)15-5-3-2-4-6-15)21-12-9-18-7-10-20-11-8-18;3-1(4)2(5)6/h13,15H,2-12H2,1H3;(H,3,4)(H,5,6). The van der Waals surface area contributed by atoms with Crippen molar-refractivity contribution in [3.8, 4) is 5.88 Å². The number of rotatable bonds is 5. The maximum absolute atomic E-state index is 9.10. The summed E-state index contributed by atoms with van der Waals surface area (Å²) in [6, 6.07) is 2.66. The van der Waals surface area contributed by atoms with E-state index in [1.165, 1.54) is 37.8 Å². The molecule has 1 aliphatic carbocycles. The fourth-order valence-corrected chi connectivity index (χ4v) is 3.33. The van der Waals surface area contributed by atoms with Crippen molar-refractivity contribution in [1.29, 1.82) is 0 Å². The molecule has 152 valence electrons. The molecule has 0 amide bonds. The monoisotopic (exact) mass is 383 g/mol. The molecule has 0 radical (unpaired) electrons. The summed E-state index contributed by atoms with van der Waals surface area (Å²) in [4.78, 5) is 20.6. The van der Waals surface area contributed by atoms with E-state index in [9.17, 15) is 0 Å². The minimum Gasteiger partial charge on any atom is -0.475 e. The molecule has 1 aromatic rings. The second-order valence-corrected chi connectivity index (χ2v) is 6.77. The zero-order valence-corrected chi connectivity index (χ0v) is 15.8. The van der Waals surface area contributed by atoms with Crippen molar-refractivity contribution >= 4 is 11.9 Å². The number of hydrogen-bond acceptors (Lipinski definition) is 6. The SMILES string of the molecule is Cc1cc(OCCN2CCOCC2)nn1C1CCCCC1.O=C(O)C(=O)O. The lowest BCUT2D eigenvalue weighted by atomic mass is 9.95. The van der Waals surface area contributed by atoms with Gasteiger partial charge in [0.15, 0.2) is 0 Å². The third-order valence-electron chi connectivity index (χ3n) is 4.76. The van der Waals surface area contributed by atoms with E-state index in [0.717, 1.165) is 38.7 Å².